The Hall–Kier alpha value is -2.62. The molecular formula is C26H38N4O8S2. The van der Waals surface area contributed by atoms with Crippen molar-refractivity contribution in [2.45, 2.75) is 16.2 Å². The number of rotatable bonds is 12. The standard InChI is InChI=1S/C26H38N4O8S2/c1-35-21-5-7-25(37-3)26(19-21)40(33,34)30-13-11-29(12-14-30)23-20-22(6-8-24(23)36-2)39(31,32)27-9-4-10-28-15-17-38-18-16-28/h5-8,19-20,27H,4,9-18H2,1-3H3. The van der Waals surface area contributed by atoms with Crippen LogP contribution in [0.1, 0.15) is 6.42 Å². The molecule has 0 unspecified atom stereocenters. The number of morpholine rings is 1. The molecule has 0 saturated carbocycles. The van der Waals surface area contributed by atoms with Crippen LogP contribution < -0.4 is 23.8 Å². The molecule has 2 aliphatic heterocycles. The van der Waals surface area contributed by atoms with E-state index in [2.05, 4.69) is 9.62 Å². The Morgan fingerprint density at radius 1 is 0.825 bits per heavy atom. The van der Waals surface area contributed by atoms with Crippen molar-refractivity contribution < 1.29 is 35.8 Å². The molecule has 0 aromatic heterocycles. The molecule has 2 aromatic carbocycles. The lowest BCUT2D eigenvalue weighted by atomic mass is 10.2. The van der Waals surface area contributed by atoms with Gasteiger partial charge in [0.05, 0.1) is 45.1 Å². The lowest BCUT2D eigenvalue weighted by Gasteiger charge is -2.36. The van der Waals surface area contributed by atoms with Crippen molar-refractivity contribution >= 4 is 25.7 Å². The predicted molar refractivity (Wildman–Crippen MR) is 151 cm³/mol. The van der Waals surface area contributed by atoms with Gasteiger partial charge < -0.3 is 23.8 Å². The Labute approximate surface area is 236 Å². The van der Waals surface area contributed by atoms with E-state index in [-0.39, 0.29) is 28.6 Å². The number of hydrogen-bond donors (Lipinski definition) is 1. The monoisotopic (exact) mass is 598 g/mol. The normalized spacial score (nSPS) is 17.5. The number of methoxy groups -OCH3 is 3. The maximum Gasteiger partial charge on any atom is 0.247 e. The maximum atomic E-state index is 13.5. The molecule has 2 aromatic rings. The Bertz CT molecular complexity index is 1360. The van der Waals surface area contributed by atoms with E-state index in [1.165, 1.54) is 37.8 Å². The zero-order valence-corrected chi connectivity index (χ0v) is 24.8. The number of nitrogens with one attached hydrogen (secondary N) is 1. The number of ether oxygens (including phenoxy) is 4. The van der Waals surface area contributed by atoms with E-state index in [4.69, 9.17) is 18.9 Å². The van der Waals surface area contributed by atoms with Gasteiger partial charge in [-0.05, 0) is 43.3 Å². The molecule has 40 heavy (non-hydrogen) atoms. The lowest BCUT2D eigenvalue weighted by molar-refractivity contribution is 0.0376. The highest BCUT2D eigenvalue weighted by Gasteiger charge is 2.32. The highest BCUT2D eigenvalue weighted by molar-refractivity contribution is 7.89. The fraction of sp³-hybridized carbons (Fsp3) is 0.538. The minimum absolute atomic E-state index is 0.0353. The Morgan fingerprint density at radius 3 is 2.15 bits per heavy atom. The van der Waals surface area contributed by atoms with Crippen LogP contribution in [0.3, 0.4) is 0 Å². The first-order chi connectivity index (χ1) is 19.2. The fourth-order valence-electron chi connectivity index (χ4n) is 4.80. The first-order valence-corrected chi connectivity index (χ1v) is 16.1. The van der Waals surface area contributed by atoms with Crippen molar-refractivity contribution in [2.24, 2.45) is 0 Å². The van der Waals surface area contributed by atoms with Gasteiger partial charge in [-0.25, -0.2) is 21.6 Å². The highest BCUT2D eigenvalue weighted by Crippen LogP contribution is 2.34. The summed E-state index contributed by atoms with van der Waals surface area (Å²) in [5.74, 6) is 1.16. The average Bonchev–Trinajstić information content (AvgIpc) is 2.99. The number of sulfonamides is 2. The Balaban J connectivity index is 1.43. The first kappa shape index (κ1) is 30.3. The second kappa shape index (κ2) is 13.4. The fourth-order valence-corrected chi connectivity index (χ4v) is 7.48. The highest BCUT2D eigenvalue weighted by atomic mass is 32.2. The molecule has 0 radical (unpaired) electrons. The van der Waals surface area contributed by atoms with Crippen molar-refractivity contribution in [2.75, 3.05) is 91.8 Å². The SMILES string of the molecule is COc1ccc(OC)c(S(=O)(=O)N2CCN(c3cc(S(=O)(=O)NCCCN4CCOCC4)ccc3OC)CC2)c1. The largest absolute Gasteiger partial charge is 0.497 e. The summed E-state index contributed by atoms with van der Waals surface area (Å²) < 4.78 is 78.5. The van der Waals surface area contributed by atoms with Gasteiger partial charge in [0.25, 0.3) is 0 Å². The van der Waals surface area contributed by atoms with Crippen LogP contribution in [0.15, 0.2) is 46.2 Å². The van der Waals surface area contributed by atoms with Crippen LogP contribution in [-0.2, 0) is 24.8 Å². The van der Waals surface area contributed by atoms with Crippen molar-refractivity contribution in [3.63, 3.8) is 0 Å². The summed E-state index contributed by atoms with van der Waals surface area (Å²) in [7, 11) is -3.18. The number of hydrogen-bond acceptors (Lipinski definition) is 10. The zero-order chi connectivity index (χ0) is 28.8. The summed E-state index contributed by atoms with van der Waals surface area (Å²) in [6.07, 6.45) is 0.691. The van der Waals surface area contributed by atoms with E-state index in [0.29, 0.717) is 56.5 Å². The van der Waals surface area contributed by atoms with Crippen LogP contribution in [0.5, 0.6) is 17.2 Å². The summed E-state index contributed by atoms with van der Waals surface area (Å²) in [5.41, 5.74) is 0.592. The quantitative estimate of drug-likeness (QED) is 0.357. The zero-order valence-electron chi connectivity index (χ0n) is 23.2. The van der Waals surface area contributed by atoms with Gasteiger partial charge >= 0.3 is 0 Å². The van der Waals surface area contributed by atoms with Crippen molar-refractivity contribution in [1.29, 1.82) is 0 Å². The van der Waals surface area contributed by atoms with E-state index in [9.17, 15) is 16.8 Å². The van der Waals surface area contributed by atoms with Gasteiger partial charge in [-0.1, -0.05) is 0 Å². The molecule has 14 heteroatoms. The van der Waals surface area contributed by atoms with Crippen LogP contribution in [-0.4, -0.2) is 113 Å². The molecule has 1 N–H and O–H groups in total. The minimum Gasteiger partial charge on any atom is -0.497 e. The van der Waals surface area contributed by atoms with Crippen molar-refractivity contribution in [3.05, 3.63) is 36.4 Å². The molecule has 12 nitrogen and oxygen atoms in total. The van der Waals surface area contributed by atoms with E-state index in [1.54, 1.807) is 24.3 Å². The summed E-state index contributed by atoms with van der Waals surface area (Å²) in [6, 6.07) is 9.38. The lowest BCUT2D eigenvalue weighted by Crippen LogP contribution is -2.48. The van der Waals surface area contributed by atoms with E-state index in [0.717, 1.165) is 19.6 Å². The molecule has 0 bridgehead atoms. The predicted octanol–water partition coefficient (Wildman–Crippen LogP) is 1.22. The Morgan fingerprint density at radius 2 is 1.50 bits per heavy atom. The number of nitrogens with zero attached hydrogens (tertiary/aromatic N) is 3. The summed E-state index contributed by atoms with van der Waals surface area (Å²) >= 11 is 0. The summed E-state index contributed by atoms with van der Waals surface area (Å²) in [5, 5.41) is 0. The third-order valence-electron chi connectivity index (χ3n) is 7.08. The van der Waals surface area contributed by atoms with E-state index < -0.39 is 20.0 Å². The molecule has 2 aliphatic rings. The van der Waals surface area contributed by atoms with Gasteiger partial charge in [0, 0.05) is 51.9 Å². The van der Waals surface area contributed by atoms with Crippen molar-refractivity contribution in [3.8, 4) is 17.2 Å². The van der Waals surface area contributed by atoms with E-state index in [1.807, 2.05) is 4.90 Å². The van der Waals surface area contributed by atoms with Gasteiger partial charge in [0.2, 0.25) is 20.0 Å². The average molecular weight is 599 g/mol. The second-order valence-electron chi connectivity index (χ2n) is 9.45. The van der Waals surface area contributed by atoms with Crippen molar-refractivity contribution in [1.82, 2.24) is 13.9 Å². The van der Waals surface area contributed by atoms with Gasteiger partial charge in [-0.3, -0.25) is 4.90 Å². The Kier molecular flexibility index (Phi) is 10.1. The van der Waals surface area contributed by atoms with Gasteiger partial charge in [0.15, 0.2) is 0 Å². The molecule has 2 heterocycles. The molecule has 222 valence electrons. The van der Waals surface area contributed by atoms with Crippen LogP contribution in [0.2, 0.25) is 0 Å². The smallest absolute Gasteiger partial charge is 0.247 e. The van der Waals surface area contributed by atoms with E-state index >= 15 is 0 Å². The number of benzene rings is 2. The van der Waals surface area contributed by atoms with Gasteiger partial charge in [0.1, 0.15) is 22.1 Å². The van der Waals surface area contributed by atoms with Gasteiger partial charge in [-0.2, -0.15) is 4.31 Å². The number of piperazine rings is 1. The van der Waals surface area contributed by atoms with Crippen LogP contribution >= 0.6 is 0 Å². The third kappa shape index (κ3) is 6.98. The summed E-state index contributed by atoms with van der Waals surface area (Å²) in [6.45, 7) is 5.33. The van der Waals surface area contributed by atoms with Crippen LogP contribution in [0, 0.1) is 0 Å². The minimum atomic E-state index is -3.86. The second-order valence-corrected chi connectivity index (χ2v) is 13.1. The molecule has 4 rings (SSSR count). The van der Waals surface area contributed by atoms with Crippen LogP contribution in [0.4, 0.5) is 5.69 Å². The molecule has 2 fully saturated rings. The molecule has 0 spiro atoms. The number of anilines is 1. The molecule has 0 atom stereocenters. The van der Waals surface area contributed by atoms with Gasteiger partial charge in [-0.15, -0.1) is 0 Å². The molecule has 0 aliphatic carbocycles. The third-order valence-corrected chi connectivity index (χ3v) is 10.5. The maximum absolute atomic E-state index is 13.5. The van der Waals surface area contributed by atoms with Crippen LogP contribution in [0.25, 0.3) is 0 Å². The molecule has 0 amide bonds. The molecule has 2 saturated heterocycles. The molecular weight excluding hydrogens is 560 g/mol. The topological polar surface area (TPSA) is 127 Å². The summed E-state index contributed by atoms with van der Waals surface area (Å²) in [4.78, 5) is 4.36. The first-order valence-electron chi connectivity index (χ1n) is 13.1.